The Hall–Kier alpha value is -2.51. The summed E-state index contributed by atoms with van der Waals surface area (Å²) in [5.74, 6) is 2.25. The van der Waals surface area contributed by atoms with E-state index in [1.807, 2.05) is 24.3 Å². The van der Waals surface area contributed by atoms with Crippen molar-refractivity contribution in [2.75, 3.05) is 0 Å². The summed E-state index contributed by atoms with van der Waals surface area (Å²) in [6.07, 6.45) is 4.20. The van der Waals surface area contributed by atoms with Gasteiger partial charge in [0.05, 0.1) is 0 Å². The molecule has 0 saturated heterocycles. The fourth-order valence-corrected chi connectivity index (χ4v) is 5.47. The Labute approximate surface area is 258 Å². The van der Waals surface area contributed by atoms with E-state index in [0.717, 1.165) is 42.9 Å². The van der Waals surface area contributed by atoms with Crippen molar-refractivity contribution in [3.05, 3.63) is 89.0 Å². The van der Waals surface area contributed by atoms with Gasteiger partial charge in [0.15, 0.2) is 0 Å². The Kier molecular flexibility index (Phi) is 10.9. The van der Waals surface area contributed by atoms with Crippen LogP contribution >= 0.6 is 8.60 Å². The summed E-state index contributed by atoms with van der Waals surface area (Å²) in [5, 5.41) is 0. The quantitative estimate of drug-likeness (QED) is 0.175. The first-order valence-corrected chi connectivity index (χ1v) is 16.9. The van der Waals surface area contributed by atoms with Gasteiger partial charge in [-0.1, -0.05) is 113 Å². The number of hydrogen-bond acceptors (Lipinski definition) is 3. The van der Waals surface area contributed by atoms with Crippen LogP contribution in [0.1, 0.15) is 131 Å². The van der Waals surface area contributed by atoms with Crippen LogP contribution in [-0.2, 0) is 21.7 Å². The molecule has 0 bridgehead atoms. The lowest BCUT2D eigenvalue weighted by Gasteiger charge is -2.30. The van der Waals surface area contributed by atoms with Gasteiger partial charge in [-0.2, -0.15) is 0 Å². The van der Waals surface area contributed by atoms with Gasteiger partial charge >= 0.3 is 8.60 Å². The Morgan fingerprint density at radius 3 is 1.00 bits per heavy atom. The molecule has 0 aliphatic carbocycles. The second-order valence-corrected chi connectivity index (χ2v) is 15.2. The zero-order valence-electron chi connectivity index (χ0n) is 28.4. The first-order valence-electron chi connectivity index (χ1n) is 15.8. The highest BCUT2D eigenvalue weighted by Crippen LogP contribution is 2.45. The summed E-state index contributed by atoms with van der Waals surface area (Å²) in [4.78, 5) is 0. The minimum atomic E-state index is -1.78. The van der Waals surface area contributed by atoms with Crippen LogP contribution in [0, 0.1) is 0 Å². The molecule has 0 aliphatic heterocycles. The van der Waals surface area contributed by atoms with Crippen molar-refractivity contribution in [3.8, 4) is 17.2 Å². The number of benzene rings is 3. The van der Waals surface area contributed by atoms with Gasteiger partial charge in [0.2, 0.25) is 0 Å². The van der Waals surface area contributed by atoms with E-state index >= 15 is 0 Å². The van der Waals surface area contributed by atoms with Crippen molar-refractivity contribution >= 4 is 8.60 Å². The first-order chi connectivity index (χ1) is 19.6. The van der Waals surface area contributed by atoms with Gasteiger partial charge in [-0.25, -0.2) is 0 Å². The van der Waals surface area contributed by atoms with Gasteiger partial charge in [-0.05, 0) is 106 Å². The van der Waals surface area contributed by atoms with E-state index in [1.165, 1.54) is 22.3 Å². The summed E-state index contributed by atoms with van der Waals surface area (Å²) in [5.41, 5.74) is 5.38. The third-order valence-electron chi connectivity index (χ3n) is 9.82. The van der Waals surface area contributed by atoms with Crippen molar-refractivity contribution in [2.45, 2.75) is 130 Å². The van der Waals surface area contributed by atoms with E-state index in [0.29, 0.717) is 0 Å². The van der Waals surface area contributed by atoms with Gasteiger partial charge in [0, 0.05) is 0 Å². The zero-order valence-corrected chi connectivity index (χ0v) is 29.2. The van der Waals surface area contributed by atoms with Crippen LogP contribution in [0.5, 0.6) is 17.2 Å². The predicted octanol–water partition coefficient (Wildman–Crippen LogP) is 12.2. The molecule has 0 saturated carbocycles. The highest BCUT2D eigenvalue weighted by Gasteiger charge is 2.28. The summed E-state index contributed by atoms with van der Waals surface area (Å²) in [6.45, 7) is 27.2. The molecule has 3 aromatic carbocycles. The van der Waals surface area contributed by atoms with Crippen LogP contribution in [0.3, 0.4) is 0 Å². The van der Waals surface area contributed by atoms with E-state index in [9.17, 15) is 0 Å². The minimum absolute atomic E-state index is 0.0201. The molecule has 0 unspecified atom stereocenters. The average molecular weight is 591 g/mol. The van der Waals surface area contributed by atoms with Crippen molar-refractivity contribution in [3.63, 3.8) is 0 Å². The van der Waals surface area contributed by atoms with Crippen molar-refractivity contribution in [1.82, 2.24) is 0 Å². The van der Waals surface area contributed by atoms with Crippen LogP contribution in [0.25, 0.3) is 0 Å². The fourth-order valence-electron chi connectivity index (χ4n) is 4.50. The summed E-state index contributed by atoms with van der Waals surface area (Å²) in [6, 6.07) is 23.4. The van der Waals surface area contributed by atoms with Crippen LogP contribution in [0.4, 0.5) is 0 Å². The van der Waals surface area contributed by atoms with Crippen LogP contribution in [0.15, 0.2) is 66.7 Å². The van der Waals surface area contributed by atoms with Crippen LogP contribution in [0.2, 0.25) is 0 Å². The predicted molar refractivity (Wildman–Crippen MR) is 181 cm³/mol. The molecule has 0 aliphatic rings. The Balaban J connectivity index is 2.01. The lowest BCUT2D eigenvalue weighted by molar-refractivity contribution is 0.385. The lowest BCUT2D eigenvalue weighted by atomic mass is 9.76. The molecule has 0 atom stereocenters. The summed E-state index contributed by atoms with van der Waals surface area (Å²) >= 11 is 0. The monoisotopic (exact) mass is 590 g/mol. The van der Waals surface area contributed by atoms with Crippen molar-refractivity contribution < 1.29 is 13.6 Å². The molecule has 0 fully saturated rings. The molecular weight excluding hydrogens is 535 g/mol. The highest BCUT2D eigenvalue weighted by molar-refractivity contribution is 7.43. The summed E-state index contributed by atoms with van der Waals surface area (Å²) in [7, 11) is -1.78. The molecule has 3 nitrogen and oxygen atoms in total. The van der Waals surface area contributed by atoms with Gasteiger partial charge in [-0.15, -0.1) is 0 Å². The molecular formula is C38H55O3P. The lowest BCUT2D eigenvalue weighted by Crippen LogP contribution is -2.20. The maximum absolute atomic E-state index is 6.64. The molecule has 0 aromatic heterocycles. The van der Waals surface area contributed by atoms with Gasteiger partial charge < -0.3 is 13.6 Å². The normalized spacial score (nSPS) is 12.9. The molecule has 0 heterocycles. The number of rotatable bonds is 14. The van der Waals surface area contributed by atoms with Gasteiger partial charge in [0.1, 0.15) is 17.2 Å². The van der Waals surface area contributed by atoms with Crippen LogP contribution < -0.4 is 13.6 Å². The maximum atomic E-state index is 6.64. The molecule has 230 valence electrons. The molecule has 42 heavy (non-hydrogen) atoms. The molecule has 0 radical (unpaired) electrons. The topological polar surface area (TPSA) is 27.7 Å². The second kappa shape index (κ2) is 13.4. The standard InChI is InChI=1S/C38H55O3P/c1-13-35(5,6)28-17-21-32(22-18-28)39-42(40-33-23-19-29(20-24-33)36(7,8)14-2)41-34-26-30(37(9,10)15-3)25-31(27-34)38(11,12)16-4/h17-27H,13-16H2,1-12H3. The smallest absolute Gasteiger partial charge is 0.409 e. The zero-order chi connectivity index (χ0) is 31.3. The molecule has 0 amide bonds. The van der Waals surface area contributed by atoms with Crippen molar-refractivity contribution in [1.29, 1.82) is 0 Å². The van der Waals surface area contributed by atoms with E-state index in [4.69, 9.17) is 13.6 Å². The Morgan fingerprint density at radius 2 is 0.690 bits per heavy atom. The molecule has 0 N–H and O–H groups in total. The largest absolute Gasteiger partial charge is 0.530 e. The van der Waals surface area contributed by atoms with E-state index < -0.39 is 8.60 Å². The third kappa shape index (κ3) is 8.31. The van der Waals surface area contributed by atoms with Gasteiger partial charge in [0.25, 0.3) is 0 Å². The third-order valence-corrected chi connectivity index (χ3v) is 10.9. The molecule has 3 aromatic rings. The molecule has 3 rings (SSSR count). The highest BCUT2D eigenvalue weighted by atomic mass is 31.2. The van der Waals surface area contributed by atoms with E-state index in [2.05, 4.69) is 126 Å². The Bertz CT molecular complexity index is 1190. The molecule has 4 heteroatoms. The Morgan fingerprint density at radius 1 is 0.405 bits per heavy atom. The minimum Gasteiger partial charge on any atom is -0.409 e. The first kappa shape index (κ1) is 34.0. The van der Waals surface area contributed by atoms with E-state index in [-0.39, 0.29) is 21.7 Å². The van der Waals surface area contributed by atoms with Crippen molar-refractivity contribution in [2.24, 2.45) is 0 Å². The number of hydrogen-bond donors (Lipinski definition) is 0. The molecule has 0 spiro atoms. The fraction of sp³-hybridized carbons (Fsp3) is 0.526. The maximum Gasteiger partial charge on any atom is 0.530 e. The average Bonchev–Trinajstić information content (AvgIpc) is 2.97. The van der Waals surface area contributed by atoms with Crippen LogP contribution in [-0.4, -0.2) is 0 Å². The SMILES string of the molecule is CCC(C)(C)c1ccc(OP(Oc2ccc(C(C)(C)CC)cc2)Oc2cc(C(C)(C)CC)cc(C(C)(C)CC)c2)cc1. The van der Waals surface area contributed by atoms with Gasteiger partial charge in [-0.3, -0.25) is 0 Å². The summed E-state index contributed by atoms with van der Waals surface area (Å²) < 4.78 is 19.6. The second-order valence-electron chi connectivity index (χ2n) is 14.2. The van der Waals surface area contributed by atoms with E-state index in [1.54, 1.807) is 0 Å².